The van der Waals surface area contributed by atoms with E-state index >= 15 is 0 Å². The molecule has 0 saturated heterocycles. The zero-order chi connectivity index (χ0) is 17.4. The fourth-order valence-electron chi connectivity index (χ4n) is 2.94. The van der Waals surface area contributed by atoms with Crippen molar-refractivity contribution in [2.45, 2.75) is 13.3 Å². The number of halogens is 1. The number of aromatic amines is 1. The van der Waals surface area contributed by atoms with Crippen LogP contribution in [0.15, 0.2) is 59.3 Å². The van der Waals surface area contributed by atoms with Gasteiger partial charge in [-0.25, -0.2) is 4.39 Å². The Morgan fingerprint density at radius 1 is 1.12 bits per heavy atom. The van der Waals surface area contributed by atoms with Crippen LogP contribution in [0.2, 0.25) is 0 Å². The summed E-state index contributed by atoms with van der Waals surface area (Å²) in [5.74, 6) is 0.138. The summed E-state index contributed by atoms with van der Waals surface area (Å²) in [6.07, 6.45) is 3.88. The Morgan fingerprint density at radius 3 is 2.56 bits per heavy atom. The first kappa shape index (κ1) is 15.3. The van der Waals surface area contributed by atoms with Crippen molar-refractivity contribution in [1.82, 2.24) is 10.2 Å². The molecule has 0 aliphatic carbocycles. The predicted octanol–water partition coefficient (Wildman–Crippen LogP) is 5.22. The monoisotopic (exact) mass is 334 g/mol. The molecule has 4 aromatic rings. The number of H-pyrrole nitrogens is 1. The molecule has 0 amide bonds. The molecule has 5 heteroatoms. The first-order valence-corrected chi connectivity index (χ1v) is 8.02. The van der Waals surface area contributed by atoms with Crippen molar-refractivity contribution in [2.24, 2.45) is 0 Å². The standard InChI is InChI=1S/C20H15FN2O2/c1-2-17(24)19-16-9-13(14-10-22-23-11-14)5-8-18(16)25-20(19)12-3-6-15(21)7-4-12/h3-11H,2H2,1H3,(H,22,23). The molecule has 0 aliphatic rings. The number of carbonyl (C=O) groups excluding carboxylic acids is 1. The fraction of sp³-hybridized carbons (Fsp3) is 0.100. The van der Waals surface area contributed by atoms with Crippen molar-refractivity contribution >= 4 is 16.8 Å². The molecule has 1 N–H and O–H groups in total. The Kier molecular flexibility index (Phi) is 3.69. The van der Waals surface area contributed by atoms with Gasteiger partial charge in [0.15, 0.2) is 5.78 Å². The molecule has 124 valence electrons. The normalized spacial score (nSPS) is 11.1. The van der Waals surface area contributed by atoms with Gasteiger partial charge in [-0.15, -0.1) is 0 Å². The maximum Gasteiger partial charge on any atom is 0.167 e. The zero-order valence-electron chi connectivity index (χ0n) is 13.5. The number of hydrogen-bond donors (Lipinski definition) is 1. The maximum absolute atomic E-state index is 13.2. The third-order valence-corrected chi connectivity index (χ3v) is 4.23. The van der Waals surface area contributed by atoms with Crippen LogP contribution < -0.4 is 0 Å². The van der Waals surface area contributed by atoms with Crippen LogP contribution in [0.25, 0.3) is 33.4 Å². The molecule has 2 heterocycles. The van der Waals surface area contributed by atoms with Gasteiger partial charge in [-0.1, -0.05) is 13.0 Å². The molecule has 2 aromatic carbocycles. The van der Waals surface area contributed by atoms with Gasteiger partial charge in [0, 0.05) is 29.1 Å². The van der Waals surface area contributed by atoms with Crippen LogP contribution in [-0.4, -0.2) is 16.0 Å². The minimum atomic E-state index is -0.328. The van der Waals surface area contributed by atoms with Crippen molar-refractivity contribution in [1.29, 1.82) is 0 Å². The fourth-order valence-corrected chi connectivity index (χ4v) is 2.94. The highest BCUT2D eigenvalue weighted by Gasteiger charge is 2.21. The van der Waals surface area contributed by atoms with E-state index in [1.165, 1.54) is 12.1 Å². The lowest BCUT2D eigenvalue weighted by atomic mass is 9.98. The summed E-state index contributed by atoms with van der Waals surface area (Å²) in [4.78, 5) is 12.6. The molecule has 0 saturated carbocycles. The van der Waals surface area contributed by atoms with Gasteiger partial charge in [-0.05, 0) is 42.0 Å². The number of fused-ring (bicyclic) bond motifs is 1. The summed E-state index contributed by atoms with van der Waals surface area (Å²) >= 11 is 0. The number of ketones is 1. The van der Waals surface area contributed by atoms with Crippen LogP contribution in [0, 0.1) is 5.82 Å². The number of Topliss-reactive ketones (excluding diaryl/α,β-unsaturated/α-hetero) is 1. The summed E-state index contributed by atoms with van der Waals surface area (Å²) < 4.78 is 19.2. The second-order valence-corrected chi connectivity index (χ2v) is 5.79. The van der Waals surface area contributed by atoms with Gasteiger partial charge in [0.1, 0.15) is 17.2 Å². The predicted molar refractivity (Wildman–Crippen MR) is 93.8 cm³/mol. The van der Waals surface area contributed by atoms with Crippen LogP contribution in [0.1, 0.15) is 23.7 Å². The summed E-state index contributed by atoms with van der Waals surface area (Å²) in [5.41, 5.74) is 3.72. The summed E-state index contributed by atoms with van der Waals surface area (Å²) in [7, 11) is 0. The van der Waals surface area contributed by atoms with E-state index in [1.54, 1.807) is 24.5 Å². The number of furan rings is 1. The van der Waals surface area contributed by atoms with Crippen molar-refractivity contribution in [2.75, 3.05) is 0 Å². The molecular weight excluding hydrogens is 319 g/mol. The average molecular weight is 334 g/mol. The number of benzene rings is 2. The second-order valence-electron chi connectivity index (χ2n) is 5.79. The number of rotatable bonds is 4. The molecule has 0 spiro atoms. The van der Waals surface area contributed by atoms with Gasteiger partial charge in [0.05, 0.1) is 11.8 Å². The number of aromatic nitrogens is 2. The lowest BCUT2D eigenvalue weighted by molar-refractivity contribution is 0.0989. The van der Waals surface area contributed by atoms with Gasteiger partial charge < -0.3 is 4.42 Å². The largest absolute Gasteiger partial charge is 0.455 e. The molecule has 0 aliphatic heterocycles. The molecule has 4 nitrogen and oxygen atoms in total. The highest BCUT2D eigenvalue weighted by atomic mass is 19.1. The van der Waals surface area contributed by atoms with E-state index in [2.05, 4.69) is 10.2 Å². The lowest BCUT2D eigenvalue weighted by Crippen LogP contribution is -1.97. The van der Waals surface area contributed by atoms with Crippen molar-refractivity contribution in [3.05, 3.63) is 66.2 Å². The van der Waals surface area contributed by atoms with Crippen molar-refractivity contribution in [3.8, 4) is 22.5 Å². The topological polar surface area (TPSA) is 58.9 Å². The zero-order valence-corrected chi connectivity index (χ0v) is 13.5. The molecule has 0 unspecified atom stereocenters. The first-order valence-electron chi connectivity index (χ1n) is 8.02. The SMILES string of the molecule is CCC(=O)c1c(-c2ccc(F)cc2)oc2ccc(-c3cn[nH]c3)cc12. The van der Waals surface area contributed by atoms with Crippen LogP contribution in [0.3, 0.4) is 0 Å². The van der Waals surface area contributed by atoms with Gasteiger partial charge in [0.2, 0.25) is 0 Å². The van der Waals surface area contributed by atoms with E-state index in [4.69, 9.17) is 4.42 Å². The van der Waals surface area contributed by atoms with Gasteiger partial charge in [0.25, 0.3) is 0 Å². The number of nitrogens with zero attached hydrogens (tertiary/aromatic N) is 1. The number of nitrogens with one attached hydrogen (secondary N) is 1. The minimum absolute atomic E-state index is 0.0116. The van der Waals surface area contributed by atoms with Gasteiger partial charge in [-0.2, -0.15) is 5.10 Å². The minimum Gasteiger partial charge on any atom is -0.455 e. The second kappa shape index (κ2) is 6.02. The van der Waals surface area contributed by atoms with Gasteiger partial charge in [-0.3, -0.25) is 9.89 Å². The Balaban J connectivity index is 1.96. The Bertz CT molecular complexity index is 1050. The summed E-state index contributed by atoms with van der Waals surface area (Å²) in [5, 5.41) is 7.50. The van der Waals surface area contributed by atoms with Crippen molar-refractivity contribution < 1.29 is 13.6 Å². The highest BCUT2D eigenvalue weighted by molar-refractivity contribution is 6.12. The van der Waals surface area contributed by atoms with Crippen LogP contribution in [0.5, 0.6) is 0 Å². The van der Waals surface area contributed by atoms with Gasteiger partial charge >= 0.3 is 0 Å². The van der Waals surface area contributed by atoms with Crippen LogP contribution in [0.4, 0.5) is 4.39 Å². The summed E-state index contributed by atoms with van der Waals surface area (Å²) in [6.45, 7) is 1.82. The van der Waals surface area contributed by atoms with E-state index in [1.807, 2.05) is 25.1 Å². The molecule has 4 rings (SSSR count). The third kappa shape index (κ3) is 2.63. The Morgan fingerprint density at radius 2 is 1.88 bits per heavy atom. The van der Waals surface area contributed by atoms with Crippen LogP contribution >= 0.6 is 0 Å². The molecular formula is C20H15FN2O2. The van der Waals surface area contributed by atoms with E-state index in [0.717, 1.165) is 16.5 Å². The van der Waals surface area contributed by atoms with E-state index in [9.17, 15) is 9.18 Å². The molecule has 0 bridgehead atoms. The van der Waals surface area contributed by atoms with E-state index < -0.39 is 0 Å². The highest BCUT2D eigenvalue weighted by Crippen LogP contribution is 2.36. The van der Waals surface area contributed by atoms with Crippen molar-refractivity contribution in [3.63, 3.8) is 0 Å². The first-order chi connectivity index (χ1) is 12.2. The lowest BCUT2D eigenvalue weighted by Gasteiger charge is -2.02. The smallest absolute Gasteiger partial charge is 0.167 e. The Labute approximate surface area is 143 Å². The molecule has 2 aromatic heterocycles. The third-order valence-electron chi connectivity index (χ3n) is 4.23. The molecule has 0 radical (unpaired) electrons. The maximum atomic E-state index is 13.2. The molecule has 25 heavy (non-hydrogen) atoms. The Hall–Kier alpha value is -3.21. The van der Waals surface area contributed by atoms with E-state index in [-0.39, 0.29) is 11.6 Å². The van der Waals surface area contributed by atoms with Crippen LogP contribution in [-0.2, 0) is 0 Å². The summed E-state index contributed by atoms with van der Waals surface area (Å²) in [6, 6.07) is 11.7. The number of carbonyl (C=O) groups is 1. The average Bonchev–Trinajstić information content (AvgIpc) is 3.29. The molecule has 0 fully saturated rings. The number of hydrogen-bond acceptors (Lipinski definition) is 3. The quantitative estimate of drug-likeness (QED) is 0.520. The van der Waals surface area contributed by atoms with E-state index in [0.29, 0.717) is 28.9 Å². The molecule has 0 atom stereocenters.